The number of hydrogen-bond acceptors (Lipinski definition) is 3. The second kappa shape index (κ2) is 12.2. The highest BCUT2D eigenvalue weighted by Gasteiger charge is 2.32. The minimum Gasteiger partial charge on any atom is -0.484 e. The molecule has 0 aliphatic heterocycles. The minimum absolute atomic E-state index is 0.129. The number of nitrogens with one attached hydrogen (secondary N) is 1. The van der Waals surface area contributed by atoms with Gasteiger partial charge >= 0.3 is 0 Å². The maximum Gasteiger partial charge on any atom is 0.261 e. The SMILES string of the molecule is O=C(NC1CCCC1)[C@@H](Cc1ccccc1)N(Cc1ccc(F)cc1)C(=O)COc1ccccc1. The van der Waals surface area contributed by atoms with E-state index in [4.69, 9.17) is 4.74 Å². The second-order valence-corrected chi connectivity index (χ2v) is 8.95. The lowest BCUT2D eigenvalue weighted by atomic mass is 10.0. The predicted octanol–water partition coefficient (Wildman–Crippen LogP) is 4.90. The van der Waals surface area contributed by atoms with Crippen molar-refractivity contribution in [1.29, 1.82) is 0 Å². The molecule has 0 saturated heterocycles. The molecule has 1 atom stereocenters. The molecule has 2 amide bonds. The van der Waals surface area contributed by atoms with E-state index in [2.05, 4.69) is 5.32 Å². The van der Waals surface area contributed by atoms with E-state index in [-0.39, 0.29) is 36.8 Å². The van der Waals surface area contributed by atoms with E-state index in [1.54, 1.807) is 29.2 Å². The highest BCUT2D eigenvalue weighted by atomic mass is 19.1. The van der Waals surface area contributed by atoms with Gasteiger partial charge in [0.05, 0.1) is 0 Å². The van der Waals surface area contributed by atoms with Crippen LogP contribution < -0.4 is 10.1 Å². The van der Waals surface area contributed by atoms with E-state index in [1.807, 2.05) is 48.5 Å². The van der Waals surface area contributed by atoms with Crippen LogP contribution in [-0.2, 0) is 22.6 Å². The van der Waals surface area contributed by atoms with E-state index in [0.717, 1.165) is 36.8 Å². The van der Waals surface area contributed by atoms with Crippen molar-refractivity contribution in [2.75, 3.05) is 6.61 Å². The van der Waals surface area contributed by atoms with Crippen molar-refractivity contribution in [2.45, 2.75) is 50.7 Å². The van der Waals surface area contributed by atoms with Crippen LogP contribution in [0.15, 0.2) is 84.9 Å². The Labute approximate surface area is 205 Å². The molecule has 0 unspecified atom stereocenters. The Balaban J connectivity index is 1.60. The molecular weight excluding hydrogens is 443 g/mol. The second-order valence-electron chi connectivity index (χ2n) is 8.95. The first kappa shape index (κ1) is 24.5. The number of carbonyl (C=O) groups is 2. The number of rotatable bonds is 10. The van der Waals surface area contributed by atoms with Crippen LogP contribution in [0.25, 0.3) is 0 Å². The maximum absolute atomic E-state index is 13.6. The van der Waals surface area contributed by atoms with E-state index in [1.165, 1.54) is 12.1 Å². The van der Waals surface area contributed by atoms with Crippen molar-refractivity contribution in [3.05, 3.63) is 102 Å². The lowest BCUT2D eigenvalue weighted by Crippen LogP contribution is -2.53. The van der Waals surface area contributed by atoms with Crippen LogP contribution in [0.4, 0.5) is 4.39 Å². The molecule has 1 aliphatic carbocycles. The number of hydrogen-bond donors (Lipinski definition) is 1. The summed E-state index contributed by atoms with van der Waals surface area (Å²) in [5.41, 5.74) is 1.70. The van der Waals surface area contributed by atoms with Crippen molar-refractivity contribution in [3.63, 3.8) is 0 Å². The Morgan fingerprint density at radius 1 is 0.886 bits per heavy atom. The van der Waals surface area contributed by atoms with Gasteiger partial charge in [0.1, 0.15) is 17.6 Å². The molecule has 35 heavy (non-hydrogen) atoms. The third-order valence-electron chi connectivity index (χ3n) is 6.34. The van der Waals surface area contributed by atoms with Gasteiger partial charge in [-0.2, -0.15) is 0 Å². The molecule has 3 aromatic rings. The third-order valence-corrected chi connectivity index (χ3v) is 6.34. The normalized spacial score (nSPS) is 14.3. The summed E-state index contributed by atoms with van der Waals surface area (Å²) in [6.45, 7) is -0.0277. The van der Waals surface area contributed by atoms with Gasteiger partial charge < -0.3 is 15.0 Å². The lowest BCUT2D eigenvalue weighted by molar-refractivity contribution is -0.143. The van der Waals surface area contributed by atoms with Gasteiger partial charge in [0.15, 0.2) is 6.61 Å². The Bertz CT molecular complexity index is 1080. The van der Waals surface area contributed by atoms with Crippen LogP contribution in [-0.4, -0.2) is 35.4 Å². The zero-order chi connectivity index (χ0) is 24.5. The summed E-state index contributed by atoms with van der Waals surface area (Å²) >= 11 is 0. The summed E-state index contributed by atoms with van der Waals surface area (Å²) in [4.78, 5) is 28.6. The first-order chi connectivity index (χ1) is 17.1. The zero-order valence-electron chi connectivity index (χ0n) is 19.7. The molecule has 5 nitrogen and oxygen atoms in total. The average Bonchev–Trinajstić information content (AvgIpc) is 3.40. The quantitative estimate of drug-likeness (QED) is 0.455. The standard InChI is InChI=1S/C29H31FN2O3/c30-24-17-15-23(16-18-24)20-32(28(33)21-35-26-13-5-2-6-14-26)27(19-22-9-3-1-4-10-22)29(34)31-25-11-7-8-12-25/h1-6,9-10,13-18,25,27H,7-8,11-12,19-21H2,(H,31,34)/t27-/m1/s1. The van der Waals surface area contributed by atoms with E-state index < -0.39 is 6.04 Å². The van der Waals surface area contributed by atoms with Gasteiger partial charge in [-0.1, -0.05) is 73.5 Å². The third kappa shape index (κ3) is 7.15. The number of amides is 2. The highest BCUT2D eigenvalue weighted by molar-refractivity contribution is 5.88. The molecule has 3 aromatic carbocycles. The highest BCUT2D eigenvalue weighted by Crippen LogP contribution is 2.20. The van der Waals surface area contributed by atoms with Gasteiger partial charge in [-0.3, -0.25) is 9.59 Å². The van der Waals surface area contributed by atoms with Gasteiger partial charge in [0.2, 0.25) is 5.91 Å². The van der Waals surface area contributed by atoms with Crippen molar-refractivity contribution >= 4 is 11.8 Å². The predicted molar refractivity (Wildman–Crippen MR) is 133 cm³/mol. The van der Waals surface area contributed by atoms with Crippen molar-refractivity contribution in [3.8, 4) is 5.75 Å². The molecule has 0 bridgehead atoms. The average molecular weight is 475 g/mol. The molecule has 182 valence electrons. The van der Waals surface area contributed by atoms with Crippen molar-refractivity contribution in [1.82, 2.24) is 10.2 Å². The molecule has 1 N–H and O–H groups in total. The first-order valence-corrected chi connectivity index (χ1v) is 12.1. The molecule has 0 spiro atoms. The molecule has 0 aromatic heterocycles. The van der Waals surface area contributed by atoms with Gasteiger partial charge in [0.25, 0.3) is 5.91 Å². The Morgan fingerprint density at radius 2 is 1.51 bits per heavy atom. The smallest absolute Gasteiger partial charge is 0.261 e. The topological polar surface area (TPSA) is 58.6 Å². The van der Waals surface area contributed by atoms with Crippen LogP contribution in [0.1, 0.15) is 36.8 Å². The van der Waals surface area contributed by atoms with Crippen LogP contribution >= 0.6 is 0 Å². The fourth-order valence-electron chi connectivity index (χ4n) is 4.45. The van der Waals surface area contributed by atoms with Gasteiger partial charge in [-0.15, -0.1) is 0 Å². The minimum atomic E-state index is -0.727. The Hall–Kier alpha value is -3.67. The molecule has 1 fully saturated rings. The zero-order valence-corrected chi connectivity index (χ0v) is 19.7. The summed E-state index contributed by atoms with van der Waals surface area (Å²) in [5.74, 6) is -0.243. The summed E-state index contributed by atoms with van der Waals surface area (Å²) in [5, 5.41) is 3.17. The molecule has 0 heterocycles. The summed E-state index contributed by atoms with van der Waals surface area (Å²) < 4.78 is 19.3. The van der Waals surface area contributed by atoms with Gasteiger partial charge in [-0.25, -0.2) is 4.39 Å². The van der Waals surface area contributed by atoms with Crippen LogP contribution in [0, 0.1) is 5.82 Å². The van der Waals surface area contributed by atoms with E-state index in [0.29, 0.717) is 12.2 Å². The van der Waals surface area contributed by atoms with Gasteiger partial charge in [-0.05, 0) is 48.2 Å². The van der Waals surface area contributed by atoms with Crippen molar-refractivity contribution < 1.29 is 18.7 Å². The number of halogens is 1. The Kier molecular flexibility index (Phi) is 8.49. The van der Waals surface area contributed by atoms with Gasteiger partial charge in [0, 0.05) is 19.0 Å². The summed E-state index contributed by atoms with van der Waals surface area (Å²) in [6, 6.07) is 24.2. The Morgan fingerprint density at radius 3 is 2.17 bits per heavy atom. The van der Waals surface area contributed by atoms with E-state index >= 15 is 0 Å². The fourth-order valence-corrected chi connectivity index (χ4v) is 4.45. The largest absolute Gasteiger partial charge is 0.484 e. The van der Waals surface area contributed by atoms with Crippen LogP contribution in [0.2, 0.25) is 0 Å². The number of para-hydroxylation sites is 1. The van der Waals surface area contributed by atoms with E-state index in [9.17, 15) is 14.0 Å². The fraction of sp³-hybridized carbons (Fsp3) is 0.310. The van der Waals surface area contributed by atoms with Crippen LogP contribution in [0.5, 0.6) is 5.75 Å². The number of ether oxygens (including phenoxy) is 1. The lowest BCUT2D eigenvalue weighted by Gasteiger charge is -2.32. The maximum atomic E-state index is 13.6. The molecule has 1 aliphatic rings. The van der Waals surface area contributed by atoms with Crippen molar-refractivity contribution in [2.24, 2.45) is 0 Å². The first-order valence-electron chi connectivity index (χ1n) is 12.1. The molecule has 0 radical (unpaired) electrons. The summed E-state index contributed by atoms with van der Waals surface area (Å²) in [7, 11) is 0. The van der Waals surface area contributed by atoms with Crippen LogP contribution in [0.3, 0.4) is 0 Å². The number of benzene rings is 3. The monoisotopic (exact) mass is 474 g/mol. The summed E-state index contributed by atoms with van der Waals surface area (Å²) in [6.07, 6.45) is 4.46. The molecular formula is C29H31FN2O3. The number of carbonyl (C=O) groups excluding carboxylic acids is 2. The molecule has 4 rings (SSSR count). The molecule has 1 saturated carbocycles. The molecule has 6 heteroatoms. The number of nitrogens with zero attached hydrogens (tertiary/aromatic N) is 1.